The lowest BCUT2D eigenvalue weighted by atomic mass is 10.2. The average molecular weight is 538 g/mol. The second-order valence-electron chi connectivity index (χ2n) is 8.43. The van der Waals surface area contributed by atoms with Crippen LogP contribution < -0.4 is 10.1 Å². The molecule has 2 heterocycles. The Kier molecular flexibility index (Phi) is 7.79. The summed E-state index contributed by atoms with van der Waals surface area (Å²) in [5.74, 6) is -0.641. The highest BCUT2D eigenvalue weighted by Crippen LogP contribution is 2.28. The molecule has 0 spiro atoms. The Morgan fingerprint density at radius 2 is 1.84 bits per heavy atom. The summed E-state index contributed by atoms with van der Waals surface area (Å²) in [5.41, 5.74) is -0.0559. The van der Waals surface area contributed by atoms with Crippen molar-refractivity contribution in [2.45, 2.75) is 43.1 Å². The normalized spacial score (nSPS) is 16.5. The monoisotopic (exact) mass is 537 g/mol. The molecule has 1 fully saturated rings. The molecule has 12 heteroatoms. The summed E-state index contributed by atoms with van der Waals surface area (Å²) in [7, 11) is -3.97. The van der Waals surface area contributed by atoms with Crippen LogP contribution in [0.2, 0.25) is 0 Å². The SMILES string of the molecule is O=C(NCc1cccc(OCc2ccnc(C(F)(F)F)c2)c1)C1CCCN1S(=O)(=O)c1ccc(F)cc1. The molecular formula is C25H23F4N3O4S. The summed E-state index contributed by atoms with van der Waals surface area (Å²) in [5, 5.41) is 2.73. The number of hydrogen-bond donors (Lipinski definition) is 1. The molecule has 37 heavy (non-hydrogen) atoms. The van der Waals surface area contributed by atoms with Gasteiger partial charge in [-0.05, 0) is 72.5 Å². The second-order valence-corrected chi connectivity index (χ2v) is 10.3. The van der Waals surface area contributed by atoms with E-state index in [4.69, 9.17) is 4.74 Å². The van der Waals surface area contributed by atoms with E-state index in [1.54, 1.807) is 24.3 Å². The number of alkyl halides is 3. The first-order chi connectivity index (χ1) is 17.5. The van der Waals surface area contributed by atoms with Gasteiger partial charge in [-0.3, -0.25) is 9.78 Å². The van der Waals surface area contributed by atoms with E-state index in [-0.39, 0.29) is 24.6 Å². The van der Waals surface area contributed by atoms with Crippen molar-refractivity contribution in [2.75, 3.05) is 6.54 Å². The van der Waals surface area contributed by atoms with Crippen LogP contribution in [0, 0.1) is 5.82 Å². The number of aromatic nitrogens is 1. The Morgan fingerprint density at radius 3 is 2.57 bits per heavy atom. The van der Waals surface area contributed by atoms with Crippen molar-refractivity contribution in [3.8, 4) is 5.75 Å². The van der Waals surface area contributed by atoms with E-state index >= 15 is 0 Å². The first-order valence-electron chi connectivity index (χ1n) is 11.3. The van der Waals surface area contributed by atoms with Gasteiger partial charge in [-0.1, -0.05) is 12.1 Å². The fraction of sp³-hybridized carbons (Fsp3) is 0.280. The number of hydrogen-bond acceptors (Lipinski definition) is 5. The van der Waals surface area contributed by atoms with Gasteiger partial charge in [0.2, 0.25) is 15.9 Å². The highest BCUT2D eigenvalue weighted by molar-refractivity contribution is 7.89. The molecule has 0 bridgehead atoms. The molecule has 1 atom stereocenters. The zero-order valence-electron chi connectivity index (χ0n) is 19.4. The van der Waals surface area contributed by atoms with Crippen molar-refractivity contribution in [3.05, 3.63) is 89.5 Å². The maximum absolute atomic E-state index is 13.2. The first-order valence-corrected chi connectivity index (χ1v) is 12.8. The molecule has 196 valence electrons. The lowest BCUT2D eigenvalue weighted by Crippen LogP contribution is -2.45. The standard InChI is InChI=1S/C25H23F4N3O4S/c26-19-6-8-21(9-7-19)37(34,35)32-12-2-5-22(32)24(33)31-15-17-3-1-4-20(13-17)36-16-18-10-11-30-23(14-18)25(27,28)29/h1,3-4,6-11,13-14,22H,2,5,12,15-16H2,(H,31,33). The van der Waals surface area contributed by atoms with E-state index in [0.29, 0.717) is 29.7 Å². The molecule has 2 aromatic carbocycles. The van der Waals surface area contributed by atoms with Crippen LogP contribution in [0.25, 0.3) is 0 Å². The van der Waals surface area contributed by atoms with E-state index in [1.165, 1.54) is 18.2 Å². The third-order valence-corrected chi connectivity index (χ3v) is 7.73. The molecule has 0 saturated carbocycles. The van der Waals surface area contributed by atoms with E-state index in [9.17, 15) is 30.8 Å². The van der Waals surface area contributed by atoms with Gasteiger partial charge in [0.05, 0.1) is 4.90 Å². The van der Waals surface area contributed by atoms with Gasteiger partial charge in [0, 0.05) is 19.3 Å². The average Bonchev–Trinajstić information content (AvgIpc) is 3.38. The van der Waals surface area contributed by atoms with Crippen LogP contribution >= 0.6 is 0 Å². The molecule has 0 radical (unpaired) electrons. The van der Waals surface area contributed by atoms with Gasteiger partial charge in [0.25, 0.3) is 0 Å². The molecule has 1 aromatic heterocycles. The van der Waals surface area contributed by atoms with Crippen molar-refractivity contribution in [1.82, 2.24) is 14.6 Å². The second kappa shape index (κ2) is 10.9. The van der Waals surface area contributed by atoms with Gasteiger partial charge in [-0.2, -0.15) is 17.5 Å². The largest absolute Gasteiger partial charge is 0.489 e. The zero-order chi connectivity index (χ0) is 26.6. The number of pyridine rings is 1. The maximum atomic E-state index is 13.2. The quantitative estimate of drug-likeness (QED) is 0.434. The number of carbonyl (C=O) groups is 1. The first kappa shape index (κ1) is 26.6. The third-order valence-electron chi connectivity index (χ3n) is 5.81. The Labute approximate surface area is 211 Å². The Morgan fingerprint density at radius 1 is 1.08 bits per heavy atom. The van der Waals surface area contributed by atoms with Gasteiger partial charge < -0.3 is 10.1 Å². The predicted octanol–water partition coefficient (Wildman–Crippen LogP) is 4.29. The highest BCUT2D eigenvalue weighted by Gasteiger charge is 2.39. The minimum absolute atomic E-state index is 0.0877. The molecule has 1 N–H and O–H groups in total. The van der Waals surface area contributed by atoms with E-state index < -0.39 is 39.7 Å². The van der Waals surface area contributed by atoms with Gasteiger partial charge in [0.15, 0.2) is 0 Å². The van der Waals surface area contributed by atoms with Crippen molar-refractivity contribution in [3.63, 3.8) is 0 Å². The lowest BCUT2D eigenvalue weighted by molar-refractivity contribution is -0.141. The van der Waals surface area contributed by atoms with Crippen molar-refractivity contribution < 1.29 is 35.5 Å². The molecular weight excluding hydrogens is 514 g/mol. The van der Waals surface area contributed by atoms with Crippen LogP contribution in [0.3, 0.4) is 0 Å². The van der Waals surface area contributed by atoms with Crippen molar-refractivity contribution >= 4 is 15.9 Å². The number of benzene rings is 2. The van der Waals surface area contributed by atoms with Gasteiger partial charge in [-0.15, -0.1) is 0 Å². The smallest absolute Gasteiger partial charge is 0.433 e. The molecule has 1 amide bonds. The van der Waals surface area contributed by atoms with Crippen LogP contribution in [0.1, 0.15) is 29.7 Å². The highest BCUT2D eigenvalue weighted by atomic mass is 32.2. The molecule has 7 nitrogen and oxygen atoms in total. The molecule has 1 unspecified atom stereocenters. The summed E-state index contributed by atoms with van der Waals surface area (Å²) in [4.78, 5) is 16.1. The third kappa shape index (κ3) is 6.44. The lowest BCUT2D eigenvalue weighted by Gasteiger charge is -2.23. The fourth-order valence-electron chi connectivity index (χ4n) is 3.97. The number of nitrogens with zero attached hydrogens (tertiary/aromatic N) is 2. The number of sulfonamides is 1. The molecule has 1 aliphatic rings. The zero-order valence-corrected chi connectivity index (χ0v) is 20.2. The number of ether oxygens (including phenoxy) is 1. The number of rotatable bonds is 8. The van der Waals surface area contributed by atoms with Gasteiger partial charge >= 0.3 is 6.18 Å². The number of nitrogens with one attached hydrogen (secondary N) is 1. The fourth-order valence-corrected chi connectivity index (χ4v) is 5.63. The Hall–Kier alpha value is -3.51. The van der Waals surface area contributed by atoms with Crippen LogP contribution in [0.5, 0.6) is 5.75 Å². The maximum Gasteiger partial charge on any atom is 0.433 e. The van der Waals surface area contributed by atoms with Crippen LogP contribution in [0.4, 0.5) is 17.6 Å². The molecule has 0 aliphatic carbocycles. The summed E-state index contributed by atoms with van der Waals surface area (Å²) < 4.78 is 84.5. The molecule has 1 aliphatic heterocycles. The molecule has 3 aromatic rings. The predicted molar refractivity (Wildman–Crippen MR) is 125 cm³/mol. The minimum Gasteiger partial charge on any atom is -0.489 e. The summed E-state index contributed by atoms with van der Waals surface area (Å²) in [6.45, 7) is 0.149. The minimum atomic E-state index is -4.55. The Bertz CT molecular complexity index is 1360. The topological polar surface area (TPSA) is 88.6 Å². The van der Waals surface area contributed by atoms with E-state index in [1.807, 2.05) is 0 Å². The molecule has 4 rings (SSSR count). The van der Waals surface area contributed by atoms with Crippen LogP contribution in [0.15, 0.2) is 71.8 Å². The summed E-state index contributed by atoms with van der Waals surface area (Å²) >= 11 is 0. The van der Waals surface area contributed by atoms with Crippen molar-refractivity contribution in [2.24, 2.45) is 0 Å². The number of halogens is 4. The molecule has 1 saturated heterocycles. The summed E-state index contributed by atoms with van der Waals surface area (Å²) in [6.07, 6.45) is -2.63. The van der Waals surface area contributed by atoms with E-state index in [2.05, 4.69) is 10.3 Å². The van der Waals surface area contributed by atoms with E-state index in [0.717, 1.165) is 28.7 Å². The number of amides is 1. The van der Waals surface area contributed by atoms with Crippen LogP contribution in [-0.2, 0) is 34.1 Å². The van der Waals surface area contributed by atoms with Crippen molar-refractivity contribution in [1.29, 1.82) is 0 Å². The number of carbonyl (C=O) groups excluding carboxylic acids is 1. The van der Waals surface area contributed by atoms with Crippen LogP contribution in [-0.4, -0.2) is 36.2 Å². The Balaban J connectivity index is 1.36. The van der Waals surface area contributed by atoms with Gasteiger partial charge in [-0.25, -0.2) is 12.8 Å². The summed E-state index contributed by atoms with van der Waals surface area (Å²) in [6, 6.07) is 12.5. The van der Waals surface area contributed by atoms with Gasteiger partial charge in [0.1, 0.15) is 29.9 Å².